The molecule has 2 amide bonds. The second-order valence-electron chi connectivity index (χ2n) is 6.81. The van der Waals surface area contributed by atoms with Crippen LogP contribution in [0.1, 0.15) is 50.5 Å². The van der Waals surface area contributed by atoms with Crippen molar-refractivity contribution in [3.8, 4) is 11.5 Å². The van der Waals surface area contributed by atoms with Crippen LogP contribution >= 0.6 is 0 Å². The van der Waals surface area contributed by atoms with Crippen molar-refractivity contribution in [2.75, 3.05) is 5.32 Å². The zero-order valence-corrected chi connectivity index (χ0v) is 15.8. The highest BCUT2D eigenvalue weighted by molar-refractivity contribution is 5.93. The Bertz CT molecular complexity index is 867. The van der Waals surface area contributed by atoms with Crippen molar-refractivity contribution in [1.29, 1.82) is 0 Å². The predicted octanol–water partition coefficient (Wildman–Crippen LogP) is 4.12. The number of para-hydroxylation sites is 1. The summed E-state index contributed by atoms with van der Waals surface area (Å²) in [5.41, 5.74) is 3.26. The van der Waals surface area contributed by atoms with Crippen LogP contribution in [0.25, 0.3) is 11.5 Å². The molecule has 1 heterocycles. The van der Waals surface area contributed by atoms with Gasteiger partial charge < -0.3 is 15.1 Å². The number of nitrogens with one attached hydrogen (secondary N) is 2. The lowest BCUT2D eigenvalue weighted by Crippen LogP contribution is -2.23. The number of hydrogen-bond donors (Lipinski definition) is 2. The Kier molecular flexibility index (Phi) is 6.06. The summed E-state index contributed by atoms with van der Waals surface area (Å²) in [5, 5.41) is 5.71. The van der Waals surface area contributed by atoms with E-state index >= 15 is 0 Å². The number of aromatic nitrogens is 1. The van der Waals surface area contributed by atoms with Gasteiger partial charge in [0.2, 0.25) is 17.7 Å². The third-order valence-corrected chi connectivity index (χ3v) is 4.59. The molecule has 0 saturated carbocycles. The van der Waals surface area contributed by atoms with Crippen molar-refractivity contribution in [2.45, 2.75) is 52.5 Å². The van der Waals surface area contributed by atoms with Gasteiger partial charge in [0.25, 0.3) is 0 Å². The van der Waals surface area contributed by atoms with Gasteiger partial charge in [0.05, 0.1) is 17.8 Å². The van der Waals surface area contributed by atoms with Gasteiger partial charge in [-0.05, 0) is 44.7 Å². The monoisotopic (exact) mass is 367 g/mol. The highest BCUT2D eigenvalue weighted by Crippen LogP contribution is 2.29. The first-order valence-electron chi connectivity index (χ1n) is 9.31. The number of benzene rings is 1. The molecule has 0 bridgehead atoms. The van der Waals surface area contributed by atoms with Crippen molar-refractivity contribution in [2.24, 2.45) is 0 Å². The maximum atomic E-state index is 12.2. The lowest BCUT2D eigenvalue weighted by Gasteiger charge is -2.12. The van der Waals surface area contributed by atoms with E-state index in [-0.39, 0.29) is 11.8 Å². The van der Waals surface area contributed by atoms with E-state index in [4.69, 9.17) is 4.42 Å². The summed E-state index contributed by atoms with van der Waals surface area (Å²) in [7, 11) is 0. The number of carbonyl (C=O) groups excluding carboxylic acids is 2. The third-order valence-electron chi connectivity index (χ3n) is 4.59. The van der Waals surface area contributed by atoms with Gasteiger partial charge in [0.1, 0.15) is 11.5 Å². The summed E-state index contributed by atoms with van der Waals surface area (Å²) in [6.45, 7) is 3.60. The van der Waals surface area contributed by atoms with Crippen LogP contribution in [-0.4, -0.2) is 16.8 Å². The molecular formula is C21H25N3O3. The molecule has 6 nitrogen and oxygen atoms in total. The van der Waals surface area contributed by atoms with E-state index in [1.165, 1.54) is 25.3 Å². The molecule has 0 unspecified atom stereocenters. The number of aryl methyl sites for hydroxylation is 1. The van der Waals surface area contributed by atoms with Crippen molar-refractivity contribution in [3.05, 3.63) is 47.4 Å². The minimum absolute atomic E-state index is 0.00532. The SMILES string of the molecule is CC(=O)Nc1ccccc1-c1nc(CNC(=O)CC2=CCCCC2)c(C)o1. The van der Waals surface area contributed by atoms with Gasteiger partial charge in [0.15, 0.2) is 0 Å². The molecule has 1 aromatic carbocycles. The number of rotatable bonds is 6. The van der Waals surface area contributed by atoms with Gasteiger partial charge in [-0.1, -0.05) is 23.8 Å². The molecule has 1 aliphatic rings. The fourth-order valence-corrected chi connectivity index (χ4v) is 3.19. The van der Waals surface area contributed by atoms with E-state index in [1.807, 2.05) is 25.1 Å². The summed E-state index contributed by atoms with van der Waals surface area (Å²) in [4.78, 5) is 28.1. The van der Waals surface area contributed by atoms with Crippen LogP contribution in [0.5, 0.6) is 0 Å². The van der Waals surface area contributed by atoms with Crippen molar-refractivity contribution in [3.63, 3.8) is 0 Å². The normalized spacial score (nSPS) is 13.8. The van der Waals surface area contributed by atoms with Crippen LogP contribution in [0.4, 0.5) is 5.69 Å². The van der Waals surface area contributed by atoms with E-state index in [1.54, 1.807) is 6.07 Å². The van der Waals surface area contributed by atoms with Crippen molar-refractivity contribution < 1.29 is 14.0 Å². The number of carbonyl (C=O) groups is 2. The molecule has 0 radical (unpaired) electrons. The largest absolute Gasteiger partial charge is 0.441 e. The Morgan fingerprint density at radius 3 is 2.78 bits per heavy atom. The number of amides is 2. The molecule has 2 aromatic rings. The number of anilines is 1. The van der Waals surface area contributed by atoms with Crippen molar-refractivity contribution in [1.82, 2.24) is 10.3 Å². The first-order valence-corrected chi connectivity index (χ1v) is 9.31. The highest BCUT2D eigenvalue weighted by Gasteiger charge is 2.16. The van der Waals surface area contributed by atoms with Gasteiger partial charge in [0, 0.05) is 13.3 Å². The van der Waals surface area contributed by atoms with Crippen LogP contribution in [-0.2, 0) is 16.1 Å². The average molecular weight is 367 g/mol. The molecule has 3 rings (SSSR count). The Morgan fingerprint density at radius 2 is 2.04 bits per heavy atom. The van der Waals surface area contributed by atoms with E-state index in [2.05, 4.69) is 21.7 Å². The first-order chi connectivity index (χ1) is 13.0. The molecule has 0 aliphatic heterocycles. The summed E-state index contributed by atoms with van der Waals surface area (Å²) in [5.74, 6) is 0.928. The fraction of sp³-hybridized carbons (Fsp3) is 0.381. The molecule has 1 aromatic heterocycles. The minimum Gasteiger partial charge on any atom is -0.441 e. The smallest absolute Gasteiger partial charge is 0.228 e. The van der Waals surface area contributed by atoms with Gasteiger partial charge in [-0.15, -0.1) is 0 Å². The molecule has 2 N–H and O–H groups in total. The lowest BCUT2D eigenvalue weighted by molar-refractivity contribution is -0.120. The number of allylic oxidation sites excluding steroid dienone is 1. The lowest BCUT2D eigenvalue weighted by atomic mass is 9.97. The van der Waals surface area contributed by atoms with Crippen LogP contribution in [0.2, 0.25) is 0 Å². The molecular weight excluding hydrogens is 342 g/mol. The Morgan fingerprint density at radius 1 is 1.22 bits per heavy atom. The Hall–Kier alpha value is -2.89. The number of nitrogens with zero attached hydrogens (tertiary/aromatic N) is 1. The second kappa shape index (κ2) is 8.66. The standard InChI is InChI=1S/C21H25N3O3/c1-14-19(13-22-20(26)12-16-8-4-3-5-9-16)24-21(27-14)17-10-6-7-11-18(17)23-15(2)25/h6-8,10-11H,3-5,9,12-13H2,1-2H3,(H,22,26)(H,23,25). The topological polar surface area (TPSA) is 84.2 Å². The van der Waals surface area contributed by atoms with Crippen molar-refractivity contribution >= 4 is 17.5 Å². The first kappa shape index (κ1) is 18.9. The molecule has 27 heavy (non-hydrogen) atoms. The zero-order chi connectivity index (χ0) is 19.2. The molecule has 0 fully saturated rings. The predicted molar refractivity (Wildman–Crippen MR) is 104 cm³/mol. The number of oxazole rings is 1. The maximum Gasteiger partial charge on any atom is 0.228 e. The average Bonchev–Trinajstić information content (AvgIpc) is 3.01. The van der Waals surface area contributed by atoms with E-state index < -0.39 is 0 Å². The highest BCUT2D eigenvalue weighted by atomic mass is 16.4. The molecule has 6 heteroatoms. The van der Waals surface area contributed by atoms with Gasteiger partial charge in [-0.3, -0.25) is 9.59 Å². The summed E-state index contributed by atoms with van der Waals surface area (Å²) in [6.07, 6.45) is 7.10. The third kappa shape index (κ3) is 5.06. The van der Waals surface area contributed by atoms with Crippen LogP contribution < -0.4 is 10.6 Å². The van der Waals surface area contributed by atoms with Crippen LogP contribution in [0, 0.1) is 6.92 Å². The second-order valence-corrected chi connectivity index (χ2v) is 6.81. The van der Waals surface area contributed by atoms with E-state index in [0.29, 0.717) is 41.6 Å². The number of hydrogen-bond acceptors (Lipinski definition) is 4. The van der Waals surface area contributed by atoms with E-state index in [9.17, 15) is 9.59 Å². The Balaban J connectivity index is 1.67. The molecule has 0 spiro atoms. The van der Waals surface area contributed by atoms with Crippen LogP contribution in [0.15, 0.2) is 40.3 Å². The summed E-state index contributed by atoms with van der Waals surface area (Å²) < 4.78 is 5.78. The molecule has 0 atom stereocenters. The quantitative estimate of drug-likeness (QED) is 0.753. The minimum atomic E-state index is -0.157. The fourth-order valence-electron chi connectivity index (χ4n) is 3.19. The maximum absolute atomic E-state index is 12.2. The van der Waals surface area contributed by atoms with Crippen LogP contribution in [0.3, 0.4) is 0 Å². The summed E-state index contributed by atoms with van der Waals surface area (Å²) >= 11 is 0. The zero-order valence-electron chi connectivity index (χ0n) is 15.8. The molecule has 142 valence electrons. The van der Waals surface area contributed by atoms with E-state index in [0.717, 1.165) is 12.8 Å². The molecule has 1 aliphatic carbocycles. The summed E-state index contributed by atoms with van der Waals surface area (Å²) in [6, 6.07) is 7.34. The molecule has 0 saturated heterocycles. The van der Waals surface area contributed by atoms with Gasteiger partial charge >= 0.3 is 0 Å². The van der Waals surface area contributed by atoms with Gasteiger partial charge in [-0.2, -0.15) is 0 Å². The van der Waals surface area contributed by atoms with Gasteiger partial charge in [-0.25, -0.2) is 4.98 Å². The Labute approximate surface area is 159 Å².